The molecule has 0 saturated heterocycles. The van der Waals surface area contributed by atoms with Crippen LogP contribution in [0.5, 0.6) is 5.88 Å². The molecule has 0 spiro atoms. The molecule has 1 N–H and O–H groups in total. The molecule has 0 bridgehead atoms. The van der Waals surface area contributed by atoms with Crippen molar-refractivity contribution in [3.05, 3.63) is 45.6 Å². The maximum atomic E-state index is 5.40. The van der Waals surface area contributed by atoms with Crippen molar-refractivity contribution in [1.82, 2.24) is 15.1 Å². The smallest absolute Gasteiger partial charge is 0.216 e. The molecule has 0 amide bonds. The monoisotopic (exact) mass is 337 g/mol. The Hall–Kier alpha value is -1.33. The predicted octanol–water partition coefficient (Wildman–Crippen LogP) is 3.35. The molecule has 1 heterocycles. The Labute approximate surface area is 128 Å². The minimum absolute atomic E-state index is 0.271. The average molecular weight is 338 g/mol. The first-order valence-corrected chi connectivity index (χ1v) is 7.37. The summed E-state index contributed by atoms with van der Waals surface area (Å²) in [5.74, 6) is 0.818. The predicted molar refractivity (Wildman–Crippen MR) is 83.9 cm³/mol. The summed E-state index contributed by atoms with van der Waals surface area (Å²) >= 11 is 3.45. The van der Waals surface area contributed by atoms with Gasteiger partial charge in [-0.2, -0.15) is 5.10 Å². The first kappa shape index (κ1) is 15.1. The second-order valence-corrected chi connectivity index (χ2v) is 5.77. The van der Waals surface area contributed by atoms with Gasteiger partial charge in [-0.25, -0.2) is 4.68 Å². The summed E-state index contributed by atoms with van der Waals surface area (Å²) in [4.78, 5) is 0. The van der Waals surface area contributed by atoms with Gasteiger partial charge >= 0.3 is 0 Å². The van der Waals surface area contributed by atoms with Crippen molar-refractivity contribution in [2.45, 2.75) is 26.4 Å². The number of ether oxygens (including phenoxy) is 1. The first-order valence-electron chi connectivity index (χ1n) is 6.58. The quantitative estimate of drug-likeness (QED) is 0.909. The molecule has 0 saturated carbocycles. The van der Waals surface area contributed by atoms with Crippen LogP contribution in [0.15, 0.2) is 28.7 Å². The SMILES string of the molecule is COc1c(CN[C@H](C)c2ccc(Br)cc2)c(C)nn1C. The third-order valence-corrected chi connectivity index (χ3v) is 3.97. The lowest BCUT2D eigenvalue weighted by Crippen LogP contribution is -2.18. The highest BCUT2D eigenvalue weighted by Crippen LogP contribution is 2.22. The van der Waals surface area contributed by atoms with Crippen LogP contribution in [-0.4, -0.2) is 16.9 Å². The van der Waals surface area contributed by atoms with Gasteiger partial charge in [-0.1, -0.05) is 28.1 Å². The van der Waals surface area contributed by atoms with Crippen LogP contribution in [0.1, 0.15) is 29.8 Å². The number of hydrogen-bond acceptors (Lipinski definition) is 3. The zero-order chi connectivity index (χ0) is 14.7. The van der Waals surface area contributed by atoms with Crippen LogP contribution in [0.25, 0.3) is 0 Å². The molecule has 0 aliphatic heterocycles. The van der Waals surface area contributed by atoms with Crippen molar-refractivity contribution in [3.63, 3.8) is 0 Å². The Morgan fingerprint density at radius 1 is 1.35 bits per heavy atom. The standard InChI is InChI=1S/C15H20BrN3O/c1-10(12-5-7-13(16)8-6-12)17-9-14-11(2)18-19(3)15(14)20-4/h5-8,10,17H,9H2,1-4H3/t10-/m1/s1. The molecule has 4 nitrogen and oxygen atoms in total. The summed E-state index contributed by atoms with van der Waals surface area (Å²) in [6.45, 7) is 4.89. The summed E-state index contributed by atoms with van der Waals surface area (Å²) < 4.78 is 8.27. The van der Waals surface area contributed by atoms with Gasteiger partial charge in [0.05, 0.1) is 18.4 Å². The molecule has 0 radical (unpaired) electrons. The number of hydrogen-bond donors (Lipinski definition) is 1. The number of benzene rings is 1. The number of methoxy groups -OCH3 is 1. The summed E-state index contributed by atoms with van der Waals surface area (Å²) in [5.41, 5.74) is 3.37. The van der Waals surface area contributed by atoms with Crippen molar-refractivity contribution in [2.75, 3.05) is 7.11 Å². The lowest BCUT2D eigenvalue weighted by molar-refractivity contribution is 0.367. The number of nitrogens with one attached hydrogen (secondary N) is 1. The summed E-state index contributed by atoms with van der Waals surface area (Å²) in [6, 6.07) is 8.63. The highest BCUT2D eigenvalue weighted by atomic mass is 79.9. The van der Waals surface area contributed by atoms with Gasteiger partial charge in [-0.3, -0.25) is 0 Å². The van der Waals surface area contributed by atoms with E-state index in [1.54, 1.807) is 11.8 Å². The van der Waals surface area contributed by atoms with Crippen LogP contribution in [0.3, 0.4) is 0 Å². The molecular weight excluding hydrogens is 318 g/mol. The highest BCUT2D eigenvalue weighted by molar-refractivity contribution is 9.10. The van der Waals surface area contributed by atoms with Crippen molar-refractivity contribution in [1.29, 1.82) is 0 Å². The van der Waals surface area contributed by atoms with Gasteiger partial charge in [-0.05, 0) is 31.5 Å². The minimum atomic E-state index is 0.271. The van der Waals surface area contributed by atoms with E-state index in [4.69, 9.17) is 4.74 Å². The summed E-state index contributed by atoms with van der Waals surface area (Å²) in [6.07, 6.45) is 0. The Bertz CT molecular complexity index is 578. The fourth-order valence-corrected chi connectivity index (χ4v) is 2.53. The van der Waals surface area contributed by atoms with Crippen LogP contribution >= 0.6 is 15.9 Å². The minimum Gasteiger partial charge on any atom is -0.481 e. The topological polar surface area (TPSA) is 39.1 Å². The van der Waals surface area contributed by atoms with Crippen molar-refractivity contribution < 1.29 is 4.74 Å². The molecular formula is C15H20BrN3O. The van der Waals surface area contributed by atoms with Crippen molar-refractivity contribution in [2.24, 2.45) is 7.05 Å². The van der Waals surface area contributed by atoms with Gasteiger partial charge in [0.25, 0.3) is 0 Å². The molecule has 0 fully saturated rings. The van der Waals surface area contributed by atoms with E-state index in [0.717, 1.165) is 28.2 Å². The largest absolute Gasteiger partial charge is 0.481 e. The van der Waals surface area contributed by atoms with E-state index < -0.39 is 0 Å². The number of rotatable bonds is 5. The first-order chi connectivity index (χ1) is 9.52. The van der Waals surface area contributed by atoms with Gasteiger partial charge in [0.1, 0.15) is 0 Å². The normalized spacial score (nSPS) is 12.4. The maximum absolute atomic E-state index is 5.40. The second-order valence-electron chi connectivity index (χ2n) is 4.85. The van der Waals surface area contributed by atoms with Crippen LogP contribution in [0.4, 0.5) is 0 Å². The molecule has 2 aromatic rings. The molecule has 108 valence electrons. The molecule has 2 rings (SSSR count). The van der Waals surface area contributed by atoms with E-state index in [9.17, 15) is 0 Å². The fraction of sp³-hybridized carbons (Fsp3) is 0.400. The third kappa shape index (κ3) is 3.22. The Morgan fingerprint density at radius 2 is 2.00 bits per heavy atom. The van der Waals surface area contributed by atoms with Crippen LogP contribution < -0.4 is 10.1 Å². The molecule has 0 unspecified atom stereocenters. The summed E-state index contributed by atoms with van der Waals surface area (Å²) in [7, 11) is 3.57. The Balaban J connectivity index is 2.07. The van der Waals surface area contributed by atoms with E-state index in [1.165, 1.54) is 5.56 Å². The molecule has 0 aliphatic carbocycles. The van der Waals surface area contributed by atoms with Gasteiger partial charge in [0.2, 0.25) is 5.88 Å². The number of halogens is 1. The van der Waals surface area contributed by atoms with Crippen LogP contribution in [0.2, 0.25) is 0 Å². The van der Waals surface area contributed by atoms with Crippen LogP contribution in [-0.2, 0) is 13.6 Å². The second kappa shape index (κ2) is 6.41. The van der Waals surface area contributed by atoms with Crippen molar-refractivity contribution in [3.8, 4) is 5.88 Å². The van der Waals surface area contributed by atoms with Crippen molar-refractivity contribution >= 4 is 15.9 Å². The van der Waals surface area contributed by atoms with E-state index >= 15 is 0 Å². The zero-order valence-electron chi connectivity index (χ0n) is 12.3. The van der Waals surface area contributed by atoms with Gasteiger partial charge < -0.3 is 10.1 Å². The number of aryl methyl sites for hydroxylation is 2. The highest BCUT2D eigenvalue weighted by Gasteiger charge is 2.14. The van der Waals surface area contributed by atoms with Crippen LogP contribution in [0, 0.1) is 6.92 Å². The fourth-order valence-electron chi connectivity index (χ4n) is 2.26. The zero-order valence-corrected chi connectivity index (χ0v) is 13.9. The van der Waals surface area contributed by atoms with E-state index in [2.05, 4.69) is 57.5 Å². The maximum Gasteiger partial charge on any atom is 0.216 e. The van der Waals surface area contributed by atoms with E-state index in [-0.39, 0.29) is 6.04 Å². The van der Waals surface area contributed by atoms with Gasteiger partial charge in [0, 0.05) is 24.1 Å². The lowest BCUT2D eigenvalue weighted by Gasteiger charge is -2.15. The van der Waals surface area contributed by atoms with E-state index in [0.29, 0.717) is 0 Å². The Kier molecular flexibility index (Phi) is 4.83. The van der Waals surface area contributed by atoms with E-state index in [1.807, 2.05) is 14.0 Å². The Morgan fingerprint density at radius 3 is 2.60 bits per heavy atom. The number of aromatic nitrogens is 2. The lowest BCUT2D eigenvalue weighted by atomic mass is 10.1. The summed E-state index contributed by atoms with van der Waals surface area (Å²) in [5, 5.41) is 7.90. The average Bonchev–Trinajstić information content (AvgIpc) is 2.70. The number of nitrogens with zero attached hydrogens (tertiary/aromatic N) is 2. The third-order valence-electron chi connectivity index (χ3n) is 3.44. The molecule has 20 heavy (non-hydrogen) atoms. The van der Waals surface area contributed by atoms with Gasteiger partial charge in [0.15, 0.2) is 0 Å². The molecule has 5 heteroatoms. The molecule has 1 atom stereocenters. The molecule has 0 aliphatic rings. The molecule has 1 aromatic heterocycles. The van der Waals surface area contributed by atoms with Gasteiger partial charge in [-0.15, -0.1) is 0 Å². The molecule has 1 aromatic carbocycles.